The van der Waals surface area contributed by atoms with E-state index in [4.69, 9.17) is 10.1 Å². The highest BCUT2D eigenvalue weighted by atomic mass is 19.4. The van der Waals surface area contributed by atoms with Gasteiger partial charge in [-0.15, -0.1) is 0 Å². The third-order valence-corrected chi connectivity index (χ3v) is 2.84. The lowest BCUT2D eigenvalue weighted by molar-refractivity contribution is -0.355. The van der Waals surface area contributed by atoms with Crippen molar-refractivity contribution in [3.63, 3.8) is 0 Å². The SMILES string of the molecule is COC(=N)c1ccc(C2=NOC(O)(C(F)(F)F)C2)cc1. The van der Waals surface area contributed by atoms with Crippen molar-refractivity contribution in [3.8, 4) is 0 Å². The van der Waals surface area contributed by atoms with Crippen molar-refractivity contribution in [2.45, 2.75) is 18.4 Å². The predicted molar refractivity (Wildman–Crippen MR) is 63.5 cm³/mol. The molecule has 0 saturated carbocycles. The smallest absolute Gasteiger partial charge is 0.458 e. The number of ether oxygens (including phenoxy) is 1. The van der Waals surface area contributed by atoms with E-state index in [1.54, 1.807) is 0 Å². The van der Waals surface area contributed by atoms with Crippen molar-refractivity contribution in [3.05, 3.63) is 35.4 Å². The van der Waals surface area contributed by atoms with Crippen LogP contribution in [0.5, 0.6) is 0 Å². The number of halogens is 3. The molecule has 1 heterocycles. The van der Waals surface area contributed by atoms with Gasteiger partial charge in [0.25, 0.3) is 0 Å². The molecule has 0 spiro atoms. The van der Waals surface area contributed by atoms with Crippen molar-refractivity contribution in [1.82, 2.24) is 0 Å². The number of alkyl halides is 3. The Balaban J connectivity index is 2.17. The molecule has 1 aliphatic heterocycles. The van der Waals surface area contributed by atoms with Crippen LogP contribution in [-0.4, -0.2) is 35.8 Å². The third-order valence-electron chi connectivity index (χ3n) is 2.84. The van der Waals surface area contributed by atoms with E-state index >= 15 is 0 Å². The van der Waals surface area contributed by atoms with Crippen molar-refractivity contribution in [2.75, 3.05) is 7.11 Å². The molecule has 1 aliphatic rings. The molecule has 5 nitrogen and oxygen atoms in total. The number of nitrogens with zero attached hydrogens (tertiary/aromatic N) is 1. The first kappa shape index (κ1) is 14.3. The van der Waals surface area contributed by atoms with Crippen LogP contribution >= 0.6 is 0 Å². The van der Waals surface area contributed by atoms with Gasteiger partial charge < -0.3 is 14.7 Å². The molecule has 20 heavy (non-hydrogen) atoms. The average molecular weight is 288 g/mol. The van der Waals surface area contributed by atoms with Gasteiger partial charge in [0, 0.05) is 5.56 Å². The lowest BCUT2D eigenvalue weighted by Gasteiger charge is -2.22. The van der Waals surface area contributed by atoms with E-state index in [-0.39, 0.29) is 11.6 Å². The summed E-state index contributed by atoms with van der Waals surface area (Å²) in [6.45, 7) is 0. The van der Waals surface area contributed by atoms with Crippen LogP contribution in [-0.2, 0) is 9.57 Å². The van der Waals surface area contributed by atoms with Gasteiger partial charge in [0.05, 0.1) is 19.2 Å². The van der Waals surface area contributed by atoms with Crippen LogP contribution in [0.25, 0.3) is 0 Å². The van der Waals surface area contributed by atoms with Crippen LogP contribution < -0.4 is 0 Å². The molecule has 2 rings (SSSR count). The zero-order valence-corrected chi connectivity index (χ0v) is 10.4. The summed E-state index contributed by atoms with van der Waals surface area (Å²) in [5.41, 5.74) is 0.833. The van der Waals surface area contributed by atoms with Gasteiger partial charge in [0.1, 0.15) is 0 Å². The summed E-state index contributed by atoms with van der Waals surface area (Å²) < 4.78 is 42.4. The van der Waals surface area contributed by atoms with Gasteiger partial charge in [0.2, 0.25) is 5.90 Å². The van der Waals surface area contributed by atoms with Crippen LogP contribution in [0.15, 0.2) is 29.4 Å². The first-order valence-corrected chi connectivity index (χ1v) is 5.54. The van der Waals surface area contributed by atoms with Crippen LogP contribution in [0.4, 0.5) is 13.2 Å². The number of hydrogen-bond donors (Lipinski definition) is 2. The molecule has 0 aromatic heterocycles. The molecule has 0 saturated heterocycles. The zero-order valence-electron chi connectivity index (χ0n) is 10.4. The Labute approximate surface area is 112 Å². The molecule has 0 radical (unpaired) electrons. The van der Waals surface area contributed by atoms with E-state index in [1.807, 2.05) is 0 Å². The maximum Gasteiger partial charge on any atom is 0.458 e. The molecule has 108 valence electrons. The van der Waals surface area contributed by atoms with Crippen LogP contribution in [0.2, 0.25) is 0 Å². The monoisotopic (exact) mass is 288 g/mol. The lowest BCUT2D eigenvalue weighted by Crippen LogP contribution is -2.45. The molecule has 8 heteroatoms. The van der Waals surface area contributed by atoms with Crippen molar-refractivity contribution < 1.29 is 27.9 Å². The second kappa shape index (κ2) is 4.78. The second-order valence-electron chi connectivity index (χ2n) is 4.20. The molecular formula is C12H11F3N2O3. The topological polar surface area (TPSA) is 74.9 Å². The van der Waals surface area contributed by atoms with Gasteiger partial charge in [-0.1, -0.05) is 17.3 Å². The Morgan fingerprint density at radius 1 is 1.40 bits per heavy atom. The highest BCUT2D eigenvalue weighted by molar-refractivity contribution is 6.02. The Bertz CT molecular complexity index is 554. The molecule has 2 N–H and O–H groups in total. The summed E-state index contributed by atoms with van der Waals surface area (Å²) in [5.74, 6) is -3.34. The predicted octanol–water partition coefficient (Wildman–Crippen LogP) is 2.03. The van der Waals surface area contributed by atoms with Gasteiger partial charge in [-0.3, -0.25) is 5.41 Å². The van der Waals surface area contributed by atoms with Crippen LogP contribution in [0, 0.1) is 5.41 Å². The van der Waals surface area contributed by atoms with Gasteiger partial charge in [-0.25, -0.2) is 0 Å². The molecule has 0 bridgehead atoms. The highest BCUT2D eigenvalue weighted by Gasteiger charge is 2.60. The highest BCUT2D eigenvalue weighted by Crippen LogP contribution is 2.38. The molecular weight excluding hydrogens is 277 g/mol. The molecule has 0 aliphatic carbocycles. The summed E-state index contributed by atoms with van der Waals surface area (Å²) >= 11 is 0. The first-order chi connectivity index (χ1) is 9.27. The van der Waals surface area contributed by atoms with E-state index < -0.39 is 18.4 Å². The number of rotatable bonds is 2. The summed E-state index contributed by atoms with van der Waals surface area (Å²) in [7, 11) is 1.34. The van der Waals surface area contributed by atoms with Crippen molar-refractivity contribution in [1.29, 1.82) is 5.41 Å². The standard InChI is InChI=1S/C12H11F3N2O3/c1-19-10(16)8-4-2-7(3-5-8)9-6-11(18,20-17-9)12(13,14)15/h2-5,16,18H,6H2,1H3. The number of nitrogens with one attached hydrogen (secondary N) is 1. The summed E-state index contributed by atoms with van der Waals surface area (Å²) in [4.78, 5) is 4.12. The van der Waals surface area contributed by atoms with E-state index in [0.29, 0.717) is 11.1 Å². The second-order valence-corrected chi connectivity index (χ2v) is 4.20. The Kier molecular flexibility index (Phi) is 3.43. The van der Waals surface area contributed by atoms with Gasteiger partial charge in [-0.2, -0.15) is 13.2 Å². The first-order valence-electron chi connectivity index (χ1n) is 5.54. The zero-order chi connectivity index (χ0) is 15.0. The number of benzene rings is 1. The normalized spacial score (nSPS) is 22.1. The largest absolute Gasteiger partial charge is 0.481 e. The Morgan fingerprint density at radius 3 is 2.45 bits per heavy atom. The van der Waals surface area contributed by atoms with Crippen LogP contribution in [0.1, 0.15) is 17.5 Å². The minimum atomic E-state index is -4.92. The van der Waals surface area contributed by atoms with E-state index in [9.17, 15) is 18.3 Å². The minimum Gasteiger partial charge on any atom is -0.481 e. The van der Waals surface area contributed by atoms with Crippen molar-refractivity contribution >= 4 is 11.6 Å². The van der Waals surface area contributed by atoms with Gasteiger partial charge in [-0.05, 0) is 17.7 Å². The molecule has 1 unspecified atom stereocenters. The number of hydrogen-bond acceptors (Lipinski definition) is 5. The van der Waals surface area contributed by atoms with E-state index in [1.165, 1.54) is 31.4 Å². The minimum absolute atomic E-state index is 0.0136. The molecule has 1 aromatic rings. The third kappa shape index (κ3) is 2.46. The van der Waals surface area contributed by atoms with Crippen LogP contribution in [0.3, 0.4) is 0 Å². The number of methoxy groups -OCH3 is 1. The number of oxime groups is 1. The van der Waals surface area contributed by atoms with E-state index in [2.05, 4.69) is 9.99 Å². The molecule has 0 amide bonds. The summed E-state index contributed by atoms with van der Waals surface area (Å²) in [5, 5.41) is 20.0. The fourth-order valence-corrected chi connectivity index (χ4v) is 1.66. The summed E-state index contributed by atoms with van der Waals surface area (Å²) in [6.07, 6.45) is -5.70. The molecule has 1 aromatic carbocycles. The Hall–Kier alpha value is -2.09. The fraction of sp³-hybridized carbons (Fsp3) is 0.333. The molecule has 1 atom stereocenters. The number of aliphatic hydroxyl groups is 1. The lowest BCUT2D eigenvalue weighted by atomic mass is 10.0. The van der Waals surface area contributed by atoms with Crippen molar-refractivity contribution in [2.24, 2.45) is 5.16 Å². The van der Waals surface area contributed by atoms with Gasteiger partial charge in [0.15, 0.2) is 0 Å². The van der Waals surface area contributed by atoms with E-state index in [0.717, 1.165) is 0 Å². The fourth-order valence-electron chi connectivity index (χ4n) is 1.66. The molecule has 0 fully saturated rings. The average Bonchev–Trinajstić information content (AvgIpc) is 2.82. The maximum atomic E-state index is 12.6. The summed E-state index contributed by atoms with van der Waals surface area (Å²) in [6, 6.07) is 5.98. The maximum absolute atomic E-state index is 12.6. The Morgan fingerprint density at radius 2 is 2.00 bits per heavy atom. The van der Waals surface area contributed by atoms with Gasteiger partial charge >= 0.3 is 12.0 Å². The quantitative estimate of drug-likeness (QED) is 0.646.